The van der Waals surface area contributed by atoms with E-state index >= 15 is 0 Å². The molecule has 0 aliphatic carbocycles. The van der Waals surface area contributed by atoms with E-state index in [0.29, 0.717) is 31.8 Å². The van der Waals surface area contributed by atoms with Crippen LogP contribution in [0.15, 0.2) is 42.7 Å². The number of carbonyl (C=O) groups is 1. The summed E-state index contributed by atoms with van der Waals surface area (Å²) in [6, 6.07) is 9.34. The Morgan fingerprint density at radius 3 is 2.73 bits per heavy atom. The van der Waals surface area contributed by atoms with Gasteiger partial charge in [0.2, 0.25) is 0 Å². The third-order valence-electron chi connectivity index (χ3n) is 4.73. The first-order chi connectivity index (χ1) is 12.6. The number of nitrogens with zero attached hydrogens (tertiary/aromatic N) is 3. The number of rotatable bonds is 6. The highest BCUT2D eigenvalue weighted by Gasteiger charge is 2.33. The standard InChI is InChI=1S/C19H25N3O4/c1-2-21(11-16-12-26-13-17(23)18(16)24)19(25)15-6-4-14(5-7-15)10-22-9-3-8-20-22/h3-9,16-18,23-24H,2,10-13H2,1H3/t16-,17-,18+/m1/s1. The third-order valence-corrected chi connectivity index (χ3v) is 4.73. The average Bonchev–Trinajstić information content (AvgIpc) is 3.16. The predicted molar refractivity (Wildman–Crippen MR) is 95.7 cm³/mol. The van der Waals surface area contributed by atoms with Gasteiger partial charge in [0.25, 0.3) is 5.91 Å². The predicted octanol–water partition coefficient (Wildman–Crippen LogP) is 0.762. The van der Waals surface area contributed by atoms with Crippen LogP contribution in [0.1, 0.15) is 22.8 Å². The lowest BCUT2D eigenvalue weighted by molar-refractivity contribution is -0.123. The maximum atomic E-state index is 12.8. The molecular formula is C19H25N3O4. The minimum absolute atomic E-state index is 0.0922. The lowest BCUT2D eigenvalue weighted by atomic mass is 9.95. The summed E-state index contributed by atoms with van der Waals surface area (Å²) in [5, 5.41) is 24.0. The Morgan fingerprint density at radius 2 is 2.08 bits per heavy atom. The SMILES string of the molecule is CCN(C[C@@H]1COC[C@@H](O)[C@H]1O)C(=O)c1ccc(Cn2cccn2)cc1. The van der Waals surface area contributed by atoms with Gasteiger partial charge in [-0.1, -0.05) is 12.1 Å². The third kappa shape index (κ3) is 4.30. The zero-order valence-corrected chi connectivity index (χ0v) is 14.9. The second-order valence-corrected chi connectivity index (χ2v) is 6.60. The quantitative estimate of drug-likeness (QED) is 0.795. The Labute approximate surface area is 152 Å². The Kier molecular flexibility index (Phi) is 6.03. The summed E-state index contributed by atoms with van der Waals surface area (Å²) in [5.41, 5.74) is 1.66. The molecule has 1 aliphatic rings. The highest BCUT2D eigenvalue weighted by Crippen LogP contribution is 2.18. The van der Waals surface area contributed by atoms with Crippen molar-refractivity contribution in [2.75, 3.05) is 26.3 Å². The fraction of sp³-hybridized carbons (Fsp3) is 0.474. The molecule has 3 atom stereocenters. The van der Waals surface area contributed by atoms with Crippen LogP contribution < -0.4 is 0 Å². The van der Waals surface area contributed by atoms with Gasteiger partial charge >= 0.3 is 0 Å². The molecule has 0 radical (unpaired) electrons. The first-order valence-corrected chi connectivity index (χ1v) is 8.88. The van der Waals surface area contributed by atoms with Crippen LogP contribution in [0.3, 0.4) is 0 Å². The van der Waals surface area contributed by atoms with E-state index in [2.05, 4.69) is 5.10 Å². The molecule has 1 fully saturated rings. The molecule has 140 valence electrons. The highest BCUT2D eigenvalue weighted by atomic mass is 16.5. The second kappa shape index (κ2) is 8.44. The molecule has 1 saturated heterocycles. The van der Waals surface area contributed by atoms with Gasteiger partial charge in [0.05, 0.1) is 25.9 Å². The zero-order valence-electron chi connectivity index (χ0n) is 14.9. The Hall–Kier alpha value is -2.22. The monoisotopic (exact) mass is 359 g/mol. The molecule has 1 aliphatic heterocycles. The summed E-state index contributed by atoms with van der Waals surface area (Å²) in [6.07, 6.45) is 1.85. The van der Waals surface area contributed by atoms with E-state index in [4.69, 9.17) is 4.74 Å². The summed E-state index contributed by atoms with van der Waals surface area (Å²) in [5.74, 6) is -0.382. The normalized spacial score (nSPS) is 23.0. The fourth-order valence-corrected chi connectivity index (χ4v) is 3.17. The summed E-state index contributed by atoms with van der Waals surface area (Å²) in [7, 11) is 0. The highest BCUT2D eigenvalue weighted by molar-refractivity contribution is 5.94. The first kappa shape index (κ1) is 18.6. The van der Waals surface area contributed by atoms with Crippen molar-refractivity contribution in [3.8, 4) is 0 Å². The molecule has 0 bridgehead atoms. The van der Waals surface area contributed by atoms with Gasteiger partial charge in [0.15, 0.2) is 0 Å². The van der Waals surface area contributed by atoms with Crippen LogP contribution in [0.25, 0.3) is 0 Å². The van der Waals surface area contributed by atoms with E-state index < -0.39 is 12.2 Å². The van der Waals surface area contributed by atoms with E-state index in [1.54, 1.807) is 11.1 Å². The van der Waals surface area contributed by atoms with E-state index in [1.165, 1.54) is 0 Å². The van der Waals surface area contributed by atoms with Gasteiger partial charge in [-0.25, -0.2) is 0 Å². The molecule has 2 N–H and O–H groups in total. The van der Waals surface area contributed by atoms with Crippen LogP contribution in [-0.2, 0) is 11.3 Å². The molecule has 3 rings (SSSR count). The number of hydrogen-bond acceptors (Lipinski definition) is 5. The summed E-state index contributed by atoms with van der Waals surface area (Å²) < 4.78 is 7.13. The molecule has 1 aromatic carbocycles. The molecule has 1 amide bonds. The van der Waals surface area contributed by atoms with Gasteiger partial charge in [0.1, 0.15) is 6.10 Å². The minimum atomic E-state index is -0.899. The summed E-state index contributed by atoms with van der Waals surface area (Å²) in [4.78, 5) is 14.5. The summed E-state index contributed by atoms with van der Waals surface area (Å²) >= 11 is 0. The van der Waals surface area contributed by atoms with E-state index in [0.717, 1.165) is 5.56 Å². The lowest BCUT2D eigenvalue weighted by Gasteiger charge is -2.35. The van der Waals surface area contributed by atoms with Gasteiger partial charge in [-0.15, -0.1) is 0 Å². The second-order valence-electron chi connectivity index (χ2n) is 6.60. The van der Waals surface area contributed by atoms with Crippen molar-refractivity contribution in [2.24, 2.45) is 5.92 Å². The molecule has 0 unspecified atom stereocenters. The van der Waals surface area contributed by atoms with Crippen LogP contribution in [0.4, 0.5) is 0 Å². The number of hydrogen-bond donors (Lipinski definition) is 2. The summed E-state index contributed by atoms with van der Waals surface area (Å²) in [6.45, 7) is 3.90. The van der Waals surface area contributed by atoms with Crippen LogP contribution >= 0.6 is 0 Å². The number of ether oxygens (including phenoxy) is 1. The van der Waals surface area contributed by atoms with Gasteiger partial charge in [-0.05, 0) is 30.7 Å². The van der Waals surface area contributed by atoms with Crippen molar-refractivity contribution in [3.63, 3.8) is 0 Å². The van der Waals surface area contributed by atoms with Crippen molar-refractivity contribution in [2.45, 2.75) is 25.7 Å². The Balaban J connectivity index is 1.64. The average molecular weight is 359 g/mol. The Morgan fingerprint density at radius 1 is 1.31 bits per heavy atom. The van der Waals surface area contributed by atoms with Crippen molar-refractivity contribution in [3.05, 3.63) is 53.9 Å². The number of aromatic nitrogens is 2. The van der Waals surface area contributed by atoms with Crippen molar-refractivity contribution >= 4 is 5.91 Å². The van der Waals surface area contributed by atoms with E-state index in [1.807, 2.05) is 48.1 Å². The van der Waals surface area contributed by atoms with Crippen molar-refractivity contribution in [1.29, 1.82) is 0 Å². The van der Waals surface area contributed by atoms with Crippen LogP contribution in [0, 0.1) is 5.92 Å². The lowest BCUT2D eigenvalue weighted by Crippen LogP contribution is -2.49. The topological polar surface area (TPSA) is 87.8 Å². The maximum Gasteiger partial charge on any atom is 0.253 e. The number of carbonyl (C=O) groups excluding carboxylic acids is 1. The van der Waals surface area contributed by atoms with E-state index in [-0.39, 0.29) is 18.4 Å². The molecule has 2 aromatic rings. The van der Waals surface area contributed by atoms with E-state index in [9.17, 15) is 15.0 Å². The molecule has 2 heterocycles. The van der Waals surface area contributed by atoms with Crippen molar-refractivity contribution < 1.29 is 19.7 Å². The largest absolute Gasteiger partial charge is 0.390 e. The number of aliphatic hydroxyl groups excluding tert-OH is 2. The Bertz CT molecular complexity index is 702. The molecule has 0 spiro atoms. The zero-order chi connectivity index (χ0) is 18.5. The minimum Gasteiger partial charge on any atom is -0.390 e. The van der Waals surface area contributed by atoms with Crippen LogP contribution in [0.2, 0.25) is 0 Å². The maximum absolute atomic E-state index is 12.8. The first-order valence-electron chi connectivity index (χ1n) is 8.88. The molecule has 7 nitrogen and oxygen atoms in total. The number of benzene rings is 1. The molecule has 0 saturated carbocycles. The molecule has 26 heavy (non-hydrogen) atoms. The van der Waals surface area contributed by atoms with Gasteiger partial charge < -0.3 is 19.8 Å². The van der Waals surface area contributed by atoms with Crippen LogP contribution in [0.5, 0.6) is 0 Å². The van der Waals surface area contributed by atoms with Crippen molar-refractivity contribution in [1.82, 2.24) is 14.7 Å². The van der Waals surface area contributed by atoms with Crippen LogP contribution in [-0.4, -0.2) is 69.3 Å². The van der Waals surface area contributed by atoms with Gasteiger partial charge in [-0.3, -0.25) is 9.48 Å². The molecule has 1 aromatic heterocycles. The van der Waals surface area contributed by atoms with Gasteiger partial charge in [0, 0.05) is 37.0 Å². The number of aliphatic hydroxyl groups is 2. The molecule has 7 heteroatoms. The molecular weight excluding hydrogens is 334 g/mol. The fourth-order valence-electron chi connectivity index (χ4n) is 3.17. The van der Waals surface area contributed by atoms with Gasteiger partial charge in [-0.2, -0.15) is 5.10 Å². The smallest absolute Gasteiger partial charge is 0.253 e. The number of amides is 1.